The van der Waals surface area contributed by atoms with Gasteiger partial charge in [-0.3, -0.25) is 4.99 Å². The van der Waals surface area contributed by atoms with E-state index in [1.807, 2.05) is 13.8 Å². The van der Waals surface area contributed by atoms with Crippen molar-refractivity contribution in [1.82, 2.24) is 10.6 Å². The number of hydrogen-bond donors (Lipinski definition) is 3. The monoisotopic (exact) mass is 327 g/mol. The van der Waals surface area contributed by atoms with Gasteiger partial charge in [-0.05, 0) is 25.5 Å². The summed E-state index contributed by atoms with van der Waals surface area (Å²) in [5, 5.41) is 16.1. The van der Waals surface area contributed by atoms with E-state index < -0.39 is 18.2 Å². The number of nitrogens with one attached hydrogen (secondary N) is 2. The minimum absolute atomic E-state index is 0.171. The minimum Gasteiger partial charge on any atom is -0.387 e. The molecule has 21 heavy (non-hydrogen) atoms. The fourth-order valence-electron chi connectivity index (χ4n) is 2.10. The zero-order valence-corrected chi connectivity index (χ0v) is 13.3. The highest BCUT2D eigenvalue weighted by Crippen LogP contribution is 2.41. The lowest BCUT2D eigenvalue weighted by Crippen LogP contribution is -2.53. The quantitative estimate of drug-likeness (QED) is 0.495. The van der Waals surface area contributed by atoms with Crippen molar-refractivity contribution >= 4 is 17.7 Å². The average Bonchev–Trinajstić information content (AvgIpc) is 2.39. The van der Waals surface area contributed by atoms with E-state index in [1.54, 1.807) is 11.8 Å². The smallest absolute Gasteiger partial charge is 0.387 e. The molecule has 0 saturated heterocycles. The van der Waals surface area contributed by atoms with Crippen LogP contribution >= 0.6 is 11.8 Å². The molecule has 1 rings (SSSR count). The first-order valence-corrected chi connectivity index (χ1v) is 8.28. The molecule has 0 spiro atoms. The Balaban J connectivity index is 2.47. The van der Waals surface area contributed by atoms with Gasteiger partial charge in [0.1, 0.15) is 0 Å². The first-order valence-electron chi connectivity index (χ1n) is 7.23. The van der Waals surface area contributed by atoms with Crippen LogP contribution in [0.3, 0.4) is 0 Å². The summed E-state index contributed by atoms with van der Waals surface area (Å²) >= 11 is 1.70. The summed E-state index contributed by atoms with van der Waals surface area (Å²) in [6.45, 7) is 4.43. The summed E-state index contributed by atoms with van der Waals surface area (Å²) in [7, 11) is 0. The first kappa shape index (κ1) is 18.4. The molecule has 1 fully saturated rings. The standard InChI is InChI=1S/C13H24F3N3OS/c1-3-17-11(18-8-7-13(14,15)16)19-9-12(20)6-5-10(12)21-4-2/h10,20H,3-9H2,1-2H3,(H2,17,18,19). The van der Waals surface area contributed by atoms with Crippen LogP contribution in [-0.2, 0) is 0 Å². The number of aliphatic hydroxyl groups is 1. The molecular weight excluding hydrogens is 303 g/mol. The molecule has 0 aliphatic heterocycles. The molecule has 2 atom stereocenters. The largest absolute Gasteiger partial charge is 0.390 e. The highest BCUT2D eigenvalue weighted by Gasteiger charge is 2.45. The summed E-state index contributed by atoms with van der Waals surface area (Å²) in [6, 6.07) is 0. The first-order chi connectivity index (χ1) is 9.80. The van der Waals surface area contributed by atoms with Crippen LogP contribution in [0, 0.1) is 0 Å². The Morgan fingerprint density at radius 3 is 2.57 bits per heavy atom. The van der Waals surface area contributed by atoms with Crippen LogP contribution in [0.1, 0.15) is 33.1 Å². The normalized spacial score (nSPS) is 26.4. The summed E-state index contributed by atoms with van der Waals surface area (Å²) in [4.78, 5) is 4.22. The molecule has 0 bridgehead atoms. The summed E-state index contributed by atoms with van der Waals surface area (Å²) in [6.07, 6.45) is -3.44. The molecule has 1 aliphatic carbocycles. The number of thioether (sulfide) groups is 1. The van der Waals surface area contributed by atoms with Crippen LogP contribution in [-0.4, -0.2) is 53.5 Å². The van der Waals surface area contributed by atoms with E-state index in [9.17, 15) is 18.3 Å². The fraction of sp³-hybridized carbons (Fsp3) is 0.923. The van der Waals surface area contributed by atoms with Gasteiger partial charge in [-0.2, -0.15) is 24.9 Å². The molecule has 1 saturated carbocycles. The molecule has 0 aromatic rings. The summed E-state index contributed by atoms with van der Waals surface area (Å²) in [5.74, 6) is 1.25. The van der Waals surface area contributed by atoms with Crippen molar-refractivity contribution in [1.29, 1.82) is 0 Å². The Morgan fingerprint density at radius 1 is 1.38 bits per heavy atom. The maximum Gasteiger partial charge on any atom is 0.390 e. The van der Waals surface area contributed by atoms with Crippen LogP contribution in [0.15, 0.2) is 4.99 Å². The van der Waals surface area contributed by atoms with Crippen molar-refractivity contribution in [3.8, 4) is 0 Å². The fourth-order valence-corrected chi connectivity index (χ4v) is 3.29. The van der Waals surface area contributed by atoms with Crippen LogP contribution in [0.25, 0.3) is 0 Å². The number of aliphatic imine (C=N–C) groups is 1. The van der Waals surface area contributed by atoms with Crippen LogP contribution in [0.4, 0.5) is 13.2 Å². The van der Waals surface area contributed by atoms with E-state index in [4.69, 9.17) is 0 Å². The second-order valence-electron chi connectivity index (χ2n) is 5.07. The highest BCUT2D eigenvalue weighted by atomic mass is 32.2. The van der Waals surface area contributed by atoms with Crippen LogP contribution in [0.5, 0.6) is 0 Å². The predicted molar refractivity (Wildman–Crippen MR) is 80.8 cm³/mol. The lowest BCUT2D eigenvalue weighted by molar-refractivity contribution is -0.132. The Kier molecular flexibility index (Phi) is 7.12. The van der Waals surface area contributed by atoms with Gasteiger partial charge in [0.05, 0.1) is 18.6 Å². The van der Waals surface area contributed by atoms with Gasteiger partial charge in [0.15, 0.2) is 5.96 Å². The Hall–Kier alpha value is -0.630. The van der Waals surface area contributed by atoms with E-state index >= 15 is 0 Å². The summed E-state index contributed by atoms with van der Waals surface area (Å²) < 4.78 is 36.4. The van der Waals surface area contributed by atoms with Crippen LogP contribution < -0.4 is 10.6 Å². The van der Waals surface area contributed by atoms with Gasteiger partial charge >= 0.3 is 6.18 Å². The Labute approximate surface area is 128 Å². The van der Waals surface area contributed by atoms with Gasteiger partial charge in [-0.25, -0.2) is 0 Å². The molecule has 1 aliphatic rings. The topological polar surface area (TPSA) is 56.7 Å². The number of rotatable bonds is 7. The van der Waals surface area contributed by atoms with Gasteiger partial charge < -0.3 is 15.7 Å². The van der Waals surface area contributed by atoms with Gasteiger partial charge in [0.25, 0.3) is 0 Å². The molecule has 124 valence electrons. The molecule has 0 aromatic heterocycles. The maximum absolute atomic E-state index is 12.1. The van der Waals surface area contributed by atoms with Crippen LogP contribution in [0.2, 0.25) is 0 Å². The van der Waals surface area contributed by atoms with E-state index in [0.717, 1.165) is 12.2 Å². The van der Waals surface area contributed by atoms with Gasteiger partial charge in [-0.15, -0.1) is 0 Å². The van der Waals surface area contributed by atoms with E-state index in [1.165, 1.54) is 0 Å². The lowest BCUT2D eigenvalue weighted by atomic mass is 9.79. The zero-order chi connectivity index (χ0) is 15.9. The molecule has 3 N–H and O–H groups in total. The zero-order valence-electron chi connectivity index (χ0n) is 12.5. The lowest BCUT2D eigenvalue weighted by Gasteiger charge is -2.44. The predicted octanol–water partition coefficient (Wildman–Crippen LogP) is 2.14. The molecule has 0 amide bonds. The van der Waals surface area contributed by atoms with Crippen molar-refractivity contribution in [2.45, 2.75) is 50.1 Å². The number of guanidine groups is 1. The van der Waals surface area contributed by atoms with E-state index in [-0.39, 0.29) is 18.3 Å². The number of nitrogens with zero attached hydrogens (tertiary/aromatic N) is 1. The molecule has 0 radical (unpaired) electrons. The van der Waals surface area contributed by atoms with Crippen molar-refractivity contribution in [3.63, 3.8) is 0 Å². The Morgan fingerprint density at radius 2 is 2.10 bits per heavy atom. The van der Waals surface area contributed by atoms with Crippen molar-refractivity contribution in [3.05, 3.63) is 0 Å². The number of halogens is 3. The molecule has 0 aromatic carbocycles. The van der Waals surface area contributed by atoms with Crippen molar-refractivity contribution in [2.75, 3.05) is 25.4 Å². The van der Waals surface area contributed by atoms with E-state index in [0.29, 0.717) is 18.9 Å². The number of alkyl halides is 3. The van der Waals surface area contributed by atoms with Crippen molar-refractivity contribution < 1.29 is 18.3 Å². The molecule has 8 heteroatoms. The van der Waals surface area contributed by atoms with Gasteiger partial charge in [0, 0.05) is 18.3 Å². The second kappa shape index (κ2) is 8.12. The highest BCUT2D eigenvalue weighted by molar-refractivity contribution is 8.00. The van der Waals surface area contributed by atoms with Gasteiger partial charge in [0.2, 0.25) is 0 Å². The third kappa shape index (κ3) is 6.34. The van der Waals surface area contributed by atoms with Crippen molar-refractivity contribution in [2.24, 2.45) is 4.99 Å². The average molecular weight is 327 g/mol. The third-order valence-electron chi connectivity index (χ3n) is 3.36. The third-order valence-corrected chi connectivity index (χ3v) is 4.77. The Bertz CT molecular complexity index is 352. The minimum atomic E-state index is -4.18. The molecule has 4 nitrogen and oxygen atoms in total. The molecule has 0 heterocycles. The SMILES string of the molecule is CCNC(=NCC1(O)CCC1SCC)NCCC(F)(F)F. The summed E-state index contributed by atoms with van der Waals surface area (Å²) in [5.41, 5.74) is -0.826. The van der Waals surface area contributed by atoms with E-state index in [2.05, 4.69) is 15.6 Å². The molecular formula is C13H24F3N3OS. The van der Waals surface area contributed by atoms with Gasteiger partial charge in [-0.1, -0.05) is 6.92 Å². The maximum atomic E-state index is 12.1. The second-order valence-corrected chi connectivity index (χ2v) is 6.55. The number of hydrogen-bond acceptors (Lipinski definition) is 3. The molecule has 2 unspecified atom stereocenters.